The molecule has 2 N–H and O–H groups in total. The summed E-state index contributed by atoms with van der Waals surface area (Å²) < 4.78 is 0. The van der Waals surface area contributed by atoms with Crippen LogP contribution in [0.1, 0.15) is 25.7 Å². The molecule has 1 aromatic rings. The van der Waals surface area contributed by atoms with Gasteiger partial charge in [-0.2, -0.15) is 0 Å². The molecular weight excluding hydrogens is 453 g/mol. The number of rotatable bonds is 7. The van der Waals surface area contributed by atoms with E-state index in [-0.39, 0.29) is 29.9 Å². The average Bonchev–Trinajstić information content (AvgIpc) is 2.69. The number of halogens is 1. The zero-order chi connectivity index (χ0) is 18.8. The van der Waals surface area contributed by atoms with Crippen LogP contribution in [0.25, 0.3) is 0 Å². The van der Waals surface area contributed by atoms with Crippen molar-refractivity contribution in [1.82, 2.24) is 15.5 Å². The average molecular weight is 487 g/mol. The standard InChI is InChI=1S/C20H33N5O.HI/c1-21-19(26)16-17-10-14-25(15-11-17)20(22-2)23-12-7-13-24(3)18-8-5-4-6-9-18;/h4-6,8-9,17H,7,10-16H2,1-3H3,(H,21,26)(H,22,23);1H. The Hall–Kier alpha value is -1.51. The third-order valence-electron chi connectivity index (χ3n) is 5.03. The van der Waals surface area contributed by atoms with Crippen LogP contribution in [0.15, 0.2) is 35.3 Å². The summed E-state index contributed by atoms with van der Waals surface area (Å²) in [6.07, 6.45) is 3.79. The maximum atomic E-state index is 11.5. The summed E-state index contributed by atoms with van der Waals surface area (Å²) in [4.78, 5) is 20.5. The highest BCUT2D eigenvalue weighted by Gasteiger charge is 2.22. The number of amides is 1. The van der Waals surface area contributed by atoms with Crippen molar-refractivity contribution in [1.29, 1.82) is 0 Å². The van der Waals surface area contributed by atoms with E-state index in [1.807, 2.05) is 13.1 Å². The first-order chi connectivity index (χ1) is 12.6. The highest BCUT2D eigenvalue weighted by molar-refractivity contribution is 14.0. The number of guanidine groups is 1. The van der Waals surface area contributed by atoms with Gasteiger partial charge >= 0.3 is 0 Å². The molecule has 0 radical (unpaired) electrons. The summed E-state index contributed by atoms with van der Waals surface area (Å²) >= 11 is 0. The lowest BCUT2D eigenvalue weighted by Crippen LogP contribution is -2.46. The van der Waals surface area contributed by atoms with Crippen LogP contribution in [-0.2, 0) is 4.79 Å². The van der Waals surface area contributed by atoms with Gasteiger partial charge in [-0.15, -0.1) is 24.0 Å². The number of likely N-dealkylation sites (tertiary alicyclic amines) is 1. The summed E-state index contributed by atoms with van der Waals surface area (Å²) in [5, 5.41) is 6.20. The molecule has 0 saturated carbocycles. The summed E-state index contributed by atoms with van der Waals surface area (Å²) in [6.45, 7) is 3.83. The van der Waals surface area contributed by atoms with Crippen molar-refractivity contribution < 1.29 is 4.79 Å². The van der Waals surface area contributed by atoms with E-state index in [0.29, 0.717) is 12.3 Å². The maximum absolute atomic E-state index is 11.5. The number of carbonyl (C=O) groups excluding carboxylic acids is 1. The molecular formula is C20H34IN5O. The van der Waals surface area contributed by atoms with Gasteiger partial charge in [0.15, 0.2) is 5.96 Å². The van der Waals surface area contributed by atoms with E-state index < -0.39 is 0 Å². The van der Waals surface area contributed by atoms with Crippen molar-refractivity contribution in [3.05, 3.63) is 30.3 Å². The van der Waals surface area contributed by atoms with Gasteiger partial charge < -0.3 is 20.4 Å². The van der Waals surface area contributed by atoms with Crippen LogP contribution in [0, 0.1) is 5.92 Å². The van der Waals surface area contributed by atoms with Gasteiger partial charge in [-0.3, -0.25) is 9.79 Å². The summed E-state index contributed by atoms with van der Waals surface area (Å²) in [6, 6.07) is 10.4. The summed E-state index contributed by atoms with van der Waals surface area (Å²) in [5.41, 5.74) is 1.25. The largest absolute Gasteiger partial charge is 0.375 e. The third-order valence-corrected chi connectivity index (χ3v) is 5.03. The number of aliphatic imine (C=N–C) groups is 1. The normalized spacial score (nSPS) is 15.1. The zero-order valence-corrected chi connectivity index (χ0v) is 19.1. The van der Waals surface area contributed by atoms with Gasteiger partial charge in [0.25, 0.3) is 0 Å². The van der Waals surface area contributed by atoms with Crippen LogP contribution < -0.4 is 15.5 Å². The van der Waals surface area contributed by atoms with Crippen molar-refractivity contribution in [2.45, 2.75) is 25.7 Å². The number of carbonyl (C=O) groups is 1. The number of nitrogens with one attached hydrogen (secondary N) is 2. The fourth-order valence-electron chi connectivity index (χ4n) is 3.37. The Balaban J connectivity index is 0.00000364. The number of para-hydroxylation sites is 1. The number of piperidine rings is 1. The van der Waals surface area contributed by atoms with Crippen molar-refractivity contribution in [2.75, 3.05) is 52.2 Å². The molecule has 27 heavy (non-hydrogen) atoms. The predicted octanol–water partition coefficient (Wildman–Crippen LogP) is 2.55. The van der Waals surface area contributed by atoms with Crippen LogP contribution in [0.4, 0.5) is 5.69 Å². The fourth-order valence-corrected chi connectivity index (χ4v) is 3.37. The maximum Gasteiger partial charge on any atom is 0.220 e. The monoisotopic (exact) mass is 487 g/mol. The molecule has 1 aromatic carbocycles. The molecule has 1 fully saturated rings. The van der Waals surface area contributed by atoms with Gasteiger partial charge in [0.05, 0.1) is 0 Å². The molecule has 2 rings (SSSR count). The molecule has 0 aliphatic carbocycles. The van der Waals surface area contributed by atoms with E-state index in [1.165, 1.54) is 5.69 Å². The van der Waals surface area contributed by atoms with Gasteiger partial charge in [-0.1, -0.05) is 18.2 Å². The SMILES string of the molecule is CN=C(NCCCN(C)c1ccccc1)N1CCC(CC(=O)NC)CC1.I. The van der Waals surface area contributed by atoms with Crippen LogP contribution in [-0.4, -0.2) is 64.1 Å². The second-order valence-corrected chi connectivity index (χ2v) is 6.89. The molecule has 1 amide bonds. The molecule has 1 aliphatic heterocycles. The molecule has 0 unspecified atom stereocenters. The molecule has 1 saturated heterocycles. The second kappa shape index (κ2) is 12.8. The van der Waals surface area contributed by atoms with E-state index in [1.54, 1.807) is 7.05 Å². The molecule has 0 spiro atoms. The van der Waals surface area contributed by atoms with Crippen LogP contribution >= 0.6 is 24.0 Å². The fraction of sp³-hybridized carbons (Fsp3) is 0.600. The minimum Gasteiger partial charge on any atom is -0.375 e. The van der Waals surface area contributed by atoms with Crippen LogP contribution in [0.3, 0.4) is 0 Å². The topological polar surface area (TPSA) is 60.0 Å². The molecule has 1 aliphatic rings. The Kier molecular flexibility index (Phi) is 11.2. The first-order valence-corrected chi connectivity index (χ1v) is 9.56. The second-order valence-electron chi connectivity index (χ2n) is 6.89. The molecule has 0 bridgehead atoms. The molecule has 0 aromatic heterocycles. The van der Waals surface area contributed by atoms with E-state index in [0.717, 1.165) is 51.4 Å². The first-order valence-electron chi connectivity index (χ1n) is 9.56. The number of hydrogen-bond donors (Lipinski definition) is 2. The Bertz CT molecular complexity index is 573. The Morgan fingerprint density at radius 1 is 1.26 bits per heavy atom. The van der Waals surface area contributed by atoms with Gasteiger partial charge in [-0.05, 0) is 37.3 Å². The van der Waals surface area contributed by atoms with Crippen molar-refractivity contribution in [3.8, 4) is 0 Å². The highest BCUT2D eigenvalue weighted by atomic mass is 127. The molecule has 0 atom stereocenters. The molecule has 1 heterocycles. The number of hydrogen-bond acceptors (Lipinski definition) is 3. The van der Waals surface area contributed by atoms with E-state index >= 15 is 0 Å². The number of anilines is 1. The number of benzene rings is 1. The van der Waals surface area contributed by atoms with Crippen molar-refractivity contribution in [3.63, 3.8) is 0 Å². The Morgan fingerprint density at radius 2 is 1.93 bits per heavy atom. The lowest BCUT2D eigenvalue weighted by molar-refractivity contribution is -0.121. The molecule has 7 heteroatoms. The molecule has 152 valence electrons. The highest BCUT2D eigenvalue weighted by Crippen LogP contribution is 2.20. The third kappa shape index (κ3) is 7.94. The van der Waals surface area contributed by atoms with Crippen molar-refractivity contribution in [2.24, 2.45) is 10.9 Å². The van der Waals surface area contributed by atoms with Crippen LogP contribution in [0.2, 0.25) is 0 Å². The zero-order valence-electron chi connectivity index (χ0n) is 16.8. The van der Waals surface area contributed by atoms with Gasteiger partial charge in [0.1, 0.15) is 0 Å². The summed E-state index contributed by atoms with van der Waals surface area (Å²) in [5.74, 6) is 1.61. The Morgan fingerprint density at radius 3 is 2.52 bits per heavy atom. The van der Waals surface area contributed by atoms with E-state index in [9.17, 15) is 4.79 Å². The lowest BCUT2D eigenvalue weighted by Gasteiger charge is -2.34. The van der Waals surface area contributed by atoms with Gasteiger partial charge in [0, 0.05) is 59.4 Å². The van der Waals surface area contributed by atoms with Crippen LogP contribution in [0.5, 0.6) is 0 Å². The summed E-state index contributed by atoms with van der Waals surface area (Å²) in [7, 11) is 5.68. The minimum atomic E-state index is 0. The van der Waals surface area contributed by atoms with E-state index in [4.69, 9.17) is 0 Å². The number of nitrogens with zero attached hydrogens (tertiary/aromatic N) is 3. The smallest absolute Gasteiger partial charge is 0.220 e. The van der Waals surface area contributed by atoms with Crippen molar-refractivity contribution >= 4 is 41.5 Å². The van der Waals surface area contributed by atoms with Gasteiger partial charge in [-0.25, -0.2) is 0 Å². The van der Waals surface area contributed by atoms with E-state index in [2.05, 4.69) is 56.7 Å². The predicted molar refractivity (Wildman–Crippen MR) is 124 cm³/mol. The lowest BCUT2D eigenvalue weighted by atomic mass is 9.93. The Labute approximate surface area is 180 Å². The minimum absolute atomic E-state index is 0. The molecule has 6 nitrogen and oxygen atoms in total. The van der Waals surface area contributed by atoms with Gasteiger partial charge in [0.2, 0.25) is 5.91 Å². The first kappa shape index (κ1) is 23.5. The quantitative estimate of drug-likeness (QED) is 0.269.